The Bertz CT molecular complexity index is 338. The summed E-state index contributed by atoms with van der Waals surface area (Å²) in [5.74, 6) is -0.474. The highest BCUT2D eigenvalue weighted by Gasteiger charge is 2.15. The van der Waals surface area contributed by atoms with Gasteiger partial charge in [-0.25, -0.2) is 0 Å². The van der Waals surface area contributed by atoms with E-state index in [1.807, 2.05) is 30.3 Å². The van der Waals surface area contributed by atoms with Crippen LogP contribution in [0.25, 0.3) is 0 Å². The Labute approximate surface area is 88.5 Å². The van der Waals surface area contributed by atoms with Crippen LogP contribution in [-0.2, 0) is 9.59 Å². The minimum Gasteiger partial charge on any atom is -0.368 e. The second kappa shape index (κ2) is 5.26. The molecule has 3 N–H and O–H groups in total. The molecule has 0 saturated carbocycles. The van der Waals surface area contributed by atoms with Gasteiger partial charge < -0.3 is 10.5 Å². The number of amides is 1. The molecule has 0 aliphatic rings. The van der Waals surface area contributed by atoms with Gasteiger partial charge in [0.1, 0.15) is 6.29 Å². The molecule has 0 aliphatic carbocycles. The van der Waals surface area contributed by atoms with Crippen LogP contribution in [0, 0.1) is 0 Å². The standard InChI is InChI=1S/C11H14N2O2/c1-8(11(12)15)13-10(7-14)9-5-3-2-4-6-9/h2-8,10,13H,1H3,(H2,12,15)/t8-,10?/m0/s1. The second-order valence-corrected chi connectivity index (χ2v) is 3.32. The van der Waals surface area contributed by atoms with Gasteiger partial charge >= 0.3 is 0 Å². The highest BCUT2D eigenvalue weighted by Crippen LogP contribution is 2.10. The van der Waals surface area contributed by atoms with E-state index in [1.165, 1.54) is 0 Å². The van der Waals surface area contributed by atoms with Crippen molar-refractivity contribution in [2.75, 3.05) is 0 Å². The molecule has 0 heterocycles. The largest absolute Gasteiger partial charge is 0.368 e. The molecule has 1 aromatic carbocycles. The number of nitrogens with one attached hydrogen (secondary N) is 1. The predicted molar refractivity (Wildman–Crippen MR) is 57.0 cm³/mol. The molecule has 0 aromatic heterocycles. The van der Waals surface area contributed by atoms with Gasteiger partial charge in [0, 0.05) is 0 Å². The number of rotatable bonds is 5. The molecule has 15 heavy (non-hydrogen) atoms. The maximum absolute atomic E-state index is 10.8. The first-order chi connectivity index (χ1) is 7.15. The maximum Gasteiger partial charge on any atom is 0.234 e. The van der Waals surface area contributed by atoms with Crippen LogP contribution in [0.2, 0.25) is 0 Å². The van der Waals surface area contributed by atoms with E-state index in [0.29, 0.717) is 0 Å². The van der Waals surface area contributed by atoms with Crippen molar-refractivity contribution >= 4 is 12.2 Å². The molecule has 0 aliphatic heterocycles. The first-order valence-electron chi connectivity index (χ1n) is 4.70. The summed E-state index contributed by atoms with van der Waals surface area (Å²) in [5, 5.41) is 2.84. The van der Waals surface area contributed by atoms with E-state index in [0.717, 1.165) is 11.8 Å². The van der Waals surface area contributed by atoms with Gasteiger partial charge in [-0.2, -0.15) is 0 Å². The van der Waals surface area contributed by atoms with Crippen LogP contribution < -0.4 is 11.1 Å². The van der Waals surface area contributed by atoms with Gasteiger partial charge in [0.25, 0.3) is 0 Å². The minimum atomic E-state index is -0.527. The SMILES string of the molecule is C[C@H](NC(C=O)c1ccccc1)C(N)=O. The van der Waals surface area contributed by atoms with E-state index in [2.05, 4.69) is 5.32 Å². The van der Waals surface area contributed by atoms with Crippen molar-refractivity contribution in [3.8, 4) is 0 Å². The first-order valence-corrected chi connectivity index (χ1v) is 4.70. The summed E-state index contributed by atoms with van der Waals surface area (Å²) in [6.07, 6.45) is 0.759. The van der Waals surface area contributed by atoms with Crippen molar-refractivity contribution in [1.82, 2.24) is 5.32 Å². The van der Waals surface area contributed by atoms with Crippen molar-refractivity contribution in [2.45, 2.75) is 19.0 Å². The lowest BCUT2D eigenvalue weighted by atomic mass is 10.1. The second-order valence-electron chi connectivity index (χ2n) is 3.32. The summed E-state index contributed by atoms with van der Waals surface area (Å²) in [6.45, 7) is 1.63. The Balaban J connectivity index is 2.73. The molecule has 0 spiro atoms. The van der Waals surface area contributed by atoms with Crippen molar-refractivity contribution in [2.24, 2.45) is 5.73 Å². The van der Waals surface area contributed by atoms with Crippen LogP contribution in [-0.4, -0.2) is 18.2 Å². The number of hydrogen-bond donors (Lipinski definition) is 2. The molecule has 4 heteroatoms. The molecule has 0 bridgehead atoms. The van der Waals surface area contributed by atoms with E-state index in [-0.39, 0.29) is 0 Å². The molecule has 1 rings (SSSR count). The Morgan fingerprint density at radius 2 is 2.00 bits per heavy atom. The van der Waals surface area contributed by atoms with E-state index < -0.39 is 18.0 Å². The highest BCUT2D eigenvalue weighted by molar-refractivity contribution is 5.80. The lowest BCUT2D eigenvalue weighted by Gasteiger charge is -2.16. The summed E-state index contributed by atoms with van der Waals surface area (Å²) in [6, 6.07) is 8.15. The Morgan fingerprint density at radius 1 is 1.40 bits per heavy atom. The average Bonchev–Trinajstić information content (AvgIpc) is 2.26. The normalized spacial score (nSPS) is 14.2. The third kappa shape index (κ3) is 3.18. The Kier molecular flexibility index (Phi) is 4.00. The molecule has 0 fully saturated rings. The van der Waals surface area contributed by atoms with Gasteiger partial charge in [-0.05, 0) is 12.5 Å². The first kappa shape index (κ1) is 11.4. The van der Waals surface area contributed by atoms with Crippen LogP contribution in [0.15, 0.2) is 30.3 Å². The van der Waals surface area contributed by atoms with E-state index >= 15 is 0 Å². The van der Waals surface area contributed by atoms with Crippen LogP contribution in [0.5, 0.6) is 0 Å². The minimum absolute atomic E-state index is 0.474. The smallest absolute Gasteiger partial charge is 0.234 e. The van der Waals surface area contributed by atoms with E-state index in [1.54, 1.807) is 6.92 Å². The zero-order chi connectivity index (χ0) is 11.3. The molecule has 4 nitrogen and oxygen atoms in total. The van der Waals surface area contributed by atoms with Crippen LogP contribution in [0.4, 0.5) is 0 Å². The summed E-state index contributed by atoms with van der Waals surface area (Å²) in [7, 11) is 0. The molecule has 80 valence electrons. The van der Waals surface area contributed by atoms with Crippen molar-refractivity contribution in [3.63, 3.8) is 0 Å². The lowest BCUT2D eigenvalue weighted by Crippen LogP contribution is -2.41. The van der Waals surface area contributed by atoms with Gasteiger partial charge in [0.15, 0.2) is 0 Å². The number of hydrogen-bond acceptors (Lipinski definition) is 3. The highest BCUT2D eigenvalue weighted by atomic mass is 16.1. The predicted octanol–water partition coefficient (Wildman–Crippen LogP) is 0.390. The maximum atomic E-state index is 10.8. The van der Waals surface area contributed by atoms with Crippen LogP contribution >= 0.6 is 0 Å². The van der Waals surface area contributed by atoms with Crippen LogP contribution in [0.3, 0.4) is 0 Å². The Morgan fingerprint density at radius 3 is 2.47 bits per heavy atom. The zero-order valence-electron chi connectivity index (χ0n) is 8.51. The number of benzene rings is 1. The summed E-state index contributed by atoms with van der Waals surface area (Å²) >= 11 is 0. The summed E-state index contributed by atoms with van der Waals surface area (Å²) < 4.78 is 0. The van der Waals surface area contributed by atoms with Crippen molar-refractivity contribution < 1.29 is 9.59 Å². The van der Waals surface area contributed by atoms with Gasteiger partial charge in [-0.3, -0.25) is 10.1 Å². The number of nitrogens with two attached hydrogens (primary N) is 1. The molecule has 0 saturated heterocycles. The van der Waals surface area contributed by atoms with E-state index in [4.69, 9.17) is 5.73 Å². The van der Waals surface area contributed by atoms with Gasteiger partial charge in [0.2, 0.25) is 5.91 Å². The molecule has 1 amide bonds. The molecule has 0 radical (unpaired) electrons. The molecule has 1 unspecified atom stereocenters. The summed E-state index contributed by atoms with van der Waals surface area (Å²) in [4.78, 5) is 21.7. The zero-order valence-corrected chi connectivity index (χ0v) is 8.51. The number of carbonyl (C=O) groups excluding carboxylic acids is 2. The fourth-order valence-corrected chi connectivity index (χ4v) is 1.23. The van der Waals surface area contributed by atoms with Crippen LogP contribution in [0.1, 0.15) is 18.5 Å². The third-order valence-corrected chi connectivity index (χ3v) is 2.15. The molecule has 2 atom stereocenters. The summed E-state index contributed by atoms with van der Waals surface area (Å²) in [5.41, 5.74) is 5.92. The average molecular weight is 206 g/mol. The fourth-order valence-electron chi connectivity index (χ4n) is 1.23. The van der Waals surface area contributed by atoms with Crippen molar-refractivity contribution in [1.29, 1.82) is 0 Å². The number of primary amides is 1. The molecule has 1 aromatic rings. The number of carbonyl (C=O) groups is 2. The lowest BCUT2D eigenvalue weighted by molar-refractivity contribution is -0.120. The topological polar surface area (TPSA) is 72.2 Å². The van der Waals surface area contributed by atoms with Gasteiger partial charge in [-0.1, -0.05) is 30.3 Å². The van der Waals surface area contributed by atoms with Gasteiger partial charge in [0.05, 0.1) is 12.1 Å². The third-order valence-electron chi connectivity index (χ3n) is 2.15. The number of aldehydes is 1. The monoisotopic (exact) mass is 206 g/mol. The molecular weight excluding hydrogens is 192 g/mol. The molecular formula is C11H14N2O2. The quantitative estimate of drug-likeness (QED) is 0.684. The fraction of sp³-hybridized carbons (Fsp3) is 0.273. The van der Waals surface area contributed by atoms with Crippen molar-refractivity contribution in [3.05, 3.63) is 35.9 Å². The Hall–Kier alpha value is -1.68. The van der Waals surface area contributed by atoms with E-state index in [9.17, 15) is 9.59 Å². The van der Waals surface area contributed by atoms with Gasteiger partial charge in [-0.15, -0.1) is 0 Å².